The highest BCUT2D eigenvalue weighted by atomic mass is 35.5. The van der Waals surface area contributed by atoms with Gasteiger partial charge in [-0.15, -0.1) is 0 Å². The molecule has 40 heavy (non-hydrogen) atoms. The summed E-state index contributed by atoms with van der Waals surface area (Å²) in [6.45, 7) is 0.955. The minimum atomic E-state index is -1.33. The first-order valence-electron chi connectivity index (χ1n) is 12.7. The number of nitrogens with one attached hydrogen (secondary N) is 2. The topological polar surface area (TPSA) is 182 Å². The van der Waals surface area contributed by atoms with E-state index in [4.69, 9.17) is 21.1 Å². The molecule has 2 aliphatic heterocycles. The van der Waals surface area contributed by atoms with Crippen LogP contribution in [0.1, 0.15) is 28.6 Å². The van der Waals surface area contributed by atoms with E-state index in [0.717, 1.165) is 12.0 Å². The number of benzene rings is 1. The molecule has 15 heteroatoms. The second kappa shape index (κ2) is 11.1. The summed E-state index contributed by atoms with van der Waals surface area (Å²) in [6, 6.07) is 7.16. The van der Waals surface area contributed by atoms with E-state index in [1.165, 1.54) is 28.0 Å². The number of amides is 1. The van der Waals surface area contributed by atoms with E-state index >= 15 is 0 Å². The number of aromatic nitrogens is 6. The normalized spacial score (nSPS) is 24.6. The molecule has 0 saturated carbocycles. The van der Waals surface area contributed by atoms with Crippen LogP contribution in [0.4, 0.5) is 5.82 Å². The fourth-order valence-corrected chi connectivity index (χ4v) is 4.81. The lowest BCUT2D eigenvalue weighted by molar-refractivity contribution is -0.0511. The SMILES string of the molecule is O=C(NCc1ccc(Cl)cc1)c1cnn(-c2nc(N[C@@H]3CCOC3)c3ncn([C@@H]4O[C@H](CO)[C@@H](O)[C@H]4O)c3n2)c1. The molecule has 0 aliphatic carbocycles. The number of rotatable bonds is 8. The van der Waals surface area contributed by atoms with Crippen molar-refractivity contribution < 1.29 is 29.6 Å². The minimum absolute atomic E-state index is 0.00293. The Labute approximate surface area is 232 Å². The standard InChI is InChI=1S/C25H27ClN8O6/c26-15-3-1-13(2-4-15)7-27-23(38)14-8-29-34(9-14)25-31-21(30-16-5-6-39-11-16)18-22(32-25)33(12-28-18)24-20(37)19(36)17(10-35)40-24/h1-4,8-9,12,16-17,19-20,24,35-37H,5-7,10-11H2,(H,27,38)(H,30,31,32)/t16-,17-,19-,20-,24-/m1/s1. The van der Waals surface area contributed by atoms with Crippen molar-refractivity contribution in [2.75, 3.05) is 25.1 Å². The highest BCUT2D eigenvalue weighted by molar-refractivity contribution is 6.30. The van der Waals surface area contributed by atoms with Crippen molar-refractivity contribution in [3.63, 3.8) is 0 Å². The van der Waals surface area contributed by atoms with Crippen LogP contribution in [-0.2, 0) is 16.0 Å². The Morgan fingerprint density at radius 1 is 1.18 bits per heavy atom. The van der Waals surface area contributed by atoms with Crippen LogP contribution in [0.25, 0.3) is 17.1 Å². The Hall–Kier alpha value is -3.66. The molecule has 210 valence electrons. The van der Waals surface area contributed by atoms with Crippen LogP contribution < -0.4 is 10.6 Å². The van der Waals surface area contributed by atoms with Crippen molar-refractivity contribution in [2.24, 2.45) is 0 Å². The first-order valence-corrected chi connectivity index (χ1v) is 13.1. The number of halogens is 1. The lowest BCUT2D eigenvalue weighted by Gasteiger charge is -2.17. The molecule has 0 radical (unpaired) electrons. The molecule has 1 aromatic carbocycles. The number of imidazole rings is 1. The minimum Gasteiger partial charge on any atom is -0.394 e. The number of aliphatic hydroxyl groups is 3. The maximum atomic E-state index is 12.8. The Balaban J connectivity index is 1.31. The Kier molecular flexibility index (Phi) is 7.35. The number of hydrogen-bond acceptors (Lipinski definition) is 11. The summed E-state index contributed by atoms with van der Waals surface area (Å²) in [6.07, 6.45) is 0.492. The molecule has 0 unspecified atom stereocenters. The van der Waals surface area contributed by atoms with Crippen LogP contribution in [-0.4, -0.2) is 94.7 Å². The van der Waals surface area contributed by atoms with E-state index in [1.54, 1.807) is 12.1 Å². The highest BCUT2D eigenvalue weighted by Gasteiger charge is 2.44. The van der Waals surface area contributed by atoms with Gasteiger partial charge >= 0.3 is 0 Å². The Bertz CT molecular complexity index is 1500. The first-order chi connectivity index (χ1) is 19.4. The third kappa shape index (κ3) is 5.12. The van der Waals surface area contributed by atoms with Gasteiger partial charge in [-0.3, -0.25) is 9.36 Å². The van der Waals surface area contributed by atoms with Crippen LogP contribution in [0.15, 0.2) is 43.0 Å². The number of hydrogen-bond donors (Lipinski definition) is 5. The van der Waals surface area contributed by atoms with Gasteiger partial charge in [-0.2, -0.15) is 15.1 Å². The van der Waals surface area contributed by atoms with Crippen LogP contribution in [0, 0.1) is 0 Å². The van der Waals surface area contributed by atoms with Crippen molar-refractivity contribution in [1.82, 2.24) is 34.6 Å². The van der Waals surface area contributed by atoms with Crippen molar-refractivity contribution in [1.29, 1.82) is 0 Å². The summed E-state index contributed by atoms with van der Waals surface area (Å²) in [4.78, 5) is 26.5. The van der Waals surface area contributed by atoms with Crippen molar-refractivity contribution in [2.45, 2.75) is 43.5 Å². The van der Waals surface area contributed by atoms with Crippen LogP contribution in [0.5, 0.6) is 0 Å². The monoisotopic (exact) mass is 570 g/mol. The summed E-state index contributed by atoms with van der Waals surface area (Å²) in [5, 5.41) is 41.5. The highest BCUT2D eigenvalue weighted by Crippen LogP contribution is 2.33. The Morgan fingerprint density at radius 3 is 2.73 bits per heavy atom. The van der Waals surface area contributed by atoms with E-state index < -0.39 is 31.1 Å². The molecule has 2 fully saturated rings. The third-order valence-electron chi connectivity index (χ3n) is 6.89. The number of ether oxygens (including phenoxy) is 2. The van der Waals surface area contributed by atoms with Crippen molar-refractivity contribution in [3.8, 4) is 5.95 Å². The molecule has 0 spiro atoms. The fraction of sp³-hybridized carbons (Fsp3) is 0.400. The van der Waals surface area contributed by atoms with Gasteiger partial charge in [0.2, 0.25) is 0 Å². The Morgan fingerprint density at radius 2 is 2.00 bits per heavy atom. The van der Waals surface area contributed by atoms with Gasteiger partial charge in [-0.1, -0.05) is 23.7 Å². The zero-order chi connectivity index (χ0) is 27.8. The van der Waals surface area contributed by atoms with E-state index in [1.807, 2.05) is 12.1 Å². The molecular formula is C25H27ClN8O6. The van der Waals surface area contributed by atoms with Crippen LogP contribution in [0.3, 0.4) is 0 Å². The van der Waals surface area contributed by atoms with Crippen LogP contribution in [0.2, 0.25) is 5.02 Å². The second-order valence-electron chi connectivity index (χ2n) is 9.61. The van der Waals surface area contributed by atoms with Gasteiger partial charge in [-0.25, -0.2) is 9.67 Å². The third-order valence-corrected chi connectivity index (χ3v) is 7.14. The lowest BCUT2D eigenvalue weighted by Crippen LogP contribution is -2.33. The largest absolute Gasteiger partial charge is 0.394 e. The summed E-state index contributed by atoms with van der Waals surface area (Å²) in [5.74, 6) is 0.213. The van der Waals surface area contributed by atoms with Gasteiger partial charge in [0.05, 0.1) is 37.3 Å². The van der Waals surface area contributed by atoms with Gasteiger partial charge in [0.1, 0.15) is 18.3 Å². The maximum Gasteiger partial charge on any atom is 0.254 e. The van der Waals surface area contributed by atoms with Crippen molar-refractivity contribution >= 4 is 34.5 Å². The van der Waals surface area contributed by atoms with Gasteiger partial charge in [0.15, 0.2) is 23.2 Å². The average molecular weight is 571 g/mol. The van der Waals surface area contributed by atoms with Gasteiger partial charge < -0.3 is 35.4 Å². The molecule has 5 atom stereocenters. The van der Waals surface area contributed by atoms with Gasteiger partial charge in [-0.05, 0) is 24.1 Å². The lowest BCUT2D eigenvalue weighted by atomic mass is 10.1. The number of carbonyl (C=O) groups excluding carboxylic acids is 1. The molecule has 1 amide bonds. The molecule has 4 aromatic rings. The number of anilines is 1. The molecule has 5 heterocycles. The summed E-state index contributed by atoms with van der Waals surface area (Å²) < 4.78 is 14.0. The fourth-order valence-electron chi connectivity index (χ4n) is 4.68. The van der Waals surface area contributed by atoms with Crippen LogP contribution >= 0.6 is 11.6 Å². The second-order valence-corrected chi connectivity index (χ2v) is 10.0. The van der Waals surface area contributed by atoms with E-state index in [9.17, 15) is 20.1 Å². The molecule has 14 nitrogen and oxygen atoms in total. The molecule has 3 aromatic heterocycles. The van der Waals surface area contributed by atoms with E-state index in [0.29, 0.717) is 47.3 Å². The van der Waals surface area contributed by atoms with Gasteiger partial charge in [0, 0.05) is 24.4 Å². The zero-order valence-electron chi connectivity index (χ0n) is 21.1. The maximum absolute atomic E-state index is 12.8. The van der Waals surface area contributed by atoms with Gasteiger partial charge in [0.25, 0.3) is 11.9 Å². The number of fused-ring (bicyclic) bond motifs is 1. The summed E-state index contributed by atoms with van der Waals surface area (Å²) >= 11 is 5.93. The summed E-state index contributed by atoms with van der Waals surface area (Å²) in [7, 11) is 0. The summed E-state index contributed by atoms with van der Waals surface area (Å²) in [5.41, 5.74) is 1.89. The smallest absolute Gasteiger partial charge is 0.254 e. The molecular weight excluding hydrogens is 544 g/mol. The number of aliphatic hydroxyl groups excluding tert-OH is 3. The van der Waals surface area contributed by atoms with Crippen molar-refractivity contribution in [3.05, 3.63) is 59.1 Å². The molecule has 2 aliphatic rings. The quantitative estimate of drug-likeness (QED) is 0.198. The first kappa shape index (κ1) is 26.6. The molecule has 6 rings (SSSR count). The predicted molar refractivity (Wildman–Crippen MR) is 141 cm³/mol. The molecule has 5 N–H and O–H groups in total. The number of carbonyl (C=O) groups is 1. The zero-order valence-corrected chi connectivity index (χ0v) is 21.8. The van der Waals surface area contributed by atoms with E-state index in [-0.39, 0.29) is 17.9 Å². The number of nitrogens with zero attached hydrogens (tertiary/aromatic N) is 6. The van der Waals surface area contributed by atoms with E-state index in [2.05, 4.69) is 30.7 Å². The average Bonchev–Trinajstić information content (AvgIpc) is 3.77. The molecule has 2 saturated heterocycles. The molecule has 0 bridgehead atoms. The predicted octanol–water partition coefficient (Wildman–Crippen LogP) is 0.408.